The molecule has 0 aliphatic heterocycles. The molecule has 2 rings (SSSR count). The Balaban J connectivity index is 1.86. The van der Waals surface area contributed by atoms with E-state index < -0.39 is 0 Å². The van der Waals surface area contributed by atoms with Gasteiger partial charge in [0.25, 0.3) is 0 Å². The van der Waals surface area contributed by atoms with Gasteiger partial charge in [0, 0.05) is 19.1 Å². The van der Waals surface area contributed by atoms with Gasteiger partial charge in [0.15, 0.2) is 0 Å². The Kier molecular flexibility index (Phi) is 3.50. The number of hydrogen-bond acceptors (Lipinski definition) is 4. The van der Waals surface area contributed by atoms with Crippen LogP contribution in [0, 0.1) is 0 Å². The highest BCUT2D eigenvalue weighted by Crippen LogP contribution is 2.34. The van der Waals surface area contributed by atoms with Crippen molar-refractivity contribution < 1.29 is 5.11 Å². The minimum absolute atomic E-state index is 0.209. The first-order chi connectivity index (χ1) is 7.40. The summed E-state index contributed by atoms with van der Waals surface area (Å²) < 4.78 is 0. The maximum absolute atomic E-state index is 8.62. The zero-order chi connectivity index (χ0) is 10.5. The van der Waals surface area contributed by atoms with Gasteiger partial charge < -0.3 is 10.4 Å². The summed E-state index contributed by atoms with van der Waals surface area (Å²) in [6, 6.07) is 4.02. The van der Waals surface area contributed by atoms with Crippen molar-refractivity contribution in [1.82, 2.24) is 10.2 Å². The second-order valence-electron chi connectivity index (χ2n) is 3.98. The first-order valence-electron chi connectivity index (χ1n) is 5.58. The van der Waals surface area contributed by atoms with Crippen LogP contribution in [0.2, 0.25) is 0 Å². The molecule has 0 bridgehead atoms. The monoisotopic (exact) mass is 207 g/mol. The molecular weight excluding hydrogens is 190 g/mol. The quantitative estimate of drug-likeness (QED) is 0.719. The van der Waals surface area contributed by atoms with Crippen molar-refractivity contribution in [2.24, 2.45) is 0 Å². The molecule has 0 aromatic carbocycles. The highest BCUT2D eigenvalue weighted by molar-refractivity contribution is 5.33. The molecule has 1 fully saturated rings. The lowest BCUT2D eigenvalue weighted by Crippen LogP contribution is -2.12. The van der Waals surface area contributed by atoms with E-state index >= 15 is 0 Å². The number of aliphatic hydroxyl groups excluding tert-OH is 1. The van der Waals surface area contributed by atoms with Crippen LogP contribution in [0.3, 0.4) is 0 Å². The van der Waals surface area contributed by atoms with Crippen LogP contribution in [0.4, 0.5) is 5.82 Å². The lowest BCUT2D eigenvalue weighted by atomic mass is 9.83. The Hall–Kier alpha value is -1.16. The molecule has 1 saturated carbocycles. The van der Waals surface area contributed by atoms with E-state index in [0.717, 1.165) is 24.5 Å². The normalized spacial score (nSPS) is 16.1. The van der Waals surface area contributed by atoms with Gasteiger partial charge >= 0.3 is 0 Å². The first-order valence-corrected chi connectivity index (χ1v) is 5.58. The smallest absolute Gasteiger partial charge is 0.148 e. The van der Waals surface area contributed by atoms with Gasteiger partial charge in [-0.05, 0) is 31.4 Å². The molecule has 1 heterocycles. The fourth-order valence-electron chi connectivity index (χ4n) is 1.65. The minimum Gasteiger partial charge on any atom is -0.396 e. The molecule has 1 aliphatic rings. The van der Waals surface area contributed by atoms with Gasteiger partial charge in [-0.25, -0.2) is 0 Å². The van der Waals surface area contributed by atoms with Crippen molar-refractivity contribution >= 4 is 5.82 Å². The molecule has 4 nitrogen and oxygen atoms in total. The molecule has 0 saturated heterocycles. The van der Waals surface area contributed by atoms with E-state index in [1.165, 1.54) is 19.3 Å². The van der Waals surface area contributed by atoms with E-state index in [1.54, 1.807) is 0 Å². The molecule has 1 aromatic heterocycles. The van der Waals surface area contributed by atoms with Crippen molar-refractivity contribution in [3.8, 4) is 0 Å². The Morgan fingerprint density at radius 1 is 1.33 bits per heavy atom. The fraction of sp³-hybridized carbons (Fsp3) is 0.636. The number of nitrogens with one attached hydrogen (secondary N) is 1. The third kappa shape index (κ3) is 2.65. The van der Waals surface area contributed by atoms with Gasteiger partial charge in [-0.15, -0.1) is 5.10 Å². The van der Waals surface area contributed by atoms with E-state index in [1.807, 2.05) is 6.07 Å². The van der Waals surface area contributed by atoms with Gasteiger partial charge in [-0.2, -0.15) is 5.10 Å². The standard InChI is InChI=1S/C11H17N3O/c15-8-2-7-12-11-6-5-10(13-14-11)9-3-1-4-9/h5-6,9,15H,1-4,7-8H2,(H,12,14). The zero-order valence-corrected chi connectivity index (χ0v) is 8.82. The predicted molar refractivity (Wildman–Crippen MR) is 58.8 cm³/mol. The molecule has 0 atom stereocenters. The molecule has 2 N–H and O–H groups in total. The summed E-state index contributed by atoms with van der Waals surface area (Å²) in [5, 5.41) is 20.1. The van der Waals surface area contributed by atoms with Crippen molar-refractivity contribution in [3.05, 3.63) is 17.8 Å². The van der Waals surface area contributed by atoms with Gasteiger partial charge in [0.05, 0.1) is 5.69 Å². The average Bonchev–Trinajstić information content (AvgIpc) is 2.18. The fourth-order valence-corrected chi connectivity index (χ4v) is 1.65. The van der Waals surface area contributed by atoms with Crippen LogP contribution >= 0.6 is 0 Å². The Morgan fingerprint density at radius 2 is 2.20 bits per heavy atom. The van der Waals surface area contributed by atoms with Crippen LogP contribution in [-0.4, -0.2) is 28.5 Å². The van der Waals surface area contributed by atoms with E-state index in [2.05, 4.69) is 21.6 Å². The number of aliphatic hydroxyl groups is 1. The highest BCUT2D eigenvalue weighted by atomic mass is 16.3. The topological polar surface area (TPSA) is 58.0 Å². The van der Waals surface area contributed by atoms with E-state index in [-0.39, 0.29) is 6.61 Å². The maximum atomic E-state index is 8.62. The van der Waals surface area contributed by atoms with Crippen LogP contribution in [-0.2, 0) is 0 Å². The molecule has 0 spiro atoms. The first kappa shape index (κ1) is 10.4. The van der Waals surface area contributed by atoms with Crippen LogP contribution < -0.4 is 5.32 Å². The van der Waals surface area contributed by atoms with Crippen molar-refractivity contribution in [2.75, 3.05) is 18.5 Å². The number of hydrogen-bond donors (Lipinski definition) is 2. The molecule has 0 radical (unpaired) electrons. The van der Waals surface area contributed by atoms with Crippen molar-refractivity contribution in [3.63, 3.8) is 0 Å². The van der Waals surface area contributed by atoms with Gasteiger partial charge in [-0.1, -0.05) is 6.42 Å². The molecule has 82 valence electrons. The van der Waals surface area contributed by atoms with Crippen molar-refractivity contribution in [1.29, 1.82) is 0 Å². The molecule has 0 amide bonds. The van der Waals surface area contributed by atoms with Crippen LogP contribution in [0.5, 0.6) is 0 Å². The molecular formula is C11H17N3O. The van der Waals surface area contributed by atoms with Crippen LogP contribution in [0.25, 0.3) is 0 Å². The summed E-state index contributed by atoms with van der Waals surface area (Å²) in [7, 11) is 0. The average molecular weight is 207 g/mol. The largest absolute Gasteiger partial charge is 0.396 e. The summed E-state index contributed by atoms with van der Waals surface area (Å²) >= 11 is 0. The Morgan fingerprint density at radius 3 is 2.73 bits per heavy atom. The highest BCUT2D eigenvalue weighted by Gasteiger charge is 2.20. The molecule has 15 heavy (non-hydrogen) atoms. The summed E-state index contributed by atoms with van der Waals surface area (Å²) in [6.45, 7) is 0.953. The number of rotatable bonds is 5. The van der Waals surface area contributed by atoms with E-state index in [9.17, 15) is 0 Å². The van der Waals surface area contributed by atoms with Crippen LogP contribution in [0.15, 0.2) is 12.1 Å². The van der Waals surface area contributed by atoms with E-state index in [4.69, 9.17) is 5.11 Å². The molecule has 0 unspecified atom stereocenters. The number of aromatic nitrogens is 2. The predicted octanol–water partition coefficient (Wildman–Crippen LogP) is 1.54. The third-order valence-electron chi connectivity index (χ3n) is 2.85. The van der Waals surface area contributed by atoms with E-state index in [0.29, 0.717) is 5.92 Å². The number of anilines is 1. The lowest BCUT2D eigenvalue weighted by Gasteiger charge is -2.24. The summed E-state index contributed by atoms with van der Waals surface area (Å²) in [5.74, 6) is 1.44. The van der Waals surface area contributed by atoms with Gasteiger partial charge in [0.2, 0.25) is 0 Å². The summed E-state index contributed by atoms with van der Waals surface area (Å²) in [5.41, 5.74) is 1.12. The maximum Gasteiger partial charge on any atom is 0.148 e. The molecule has 4 heteroatoms. The molecule has 1 aliphatic carbocycles. The Bertz CT molecular complexity index is 295. The second kappa shape index (κ2) is 5.07. The lowest BCUT2D eigenvalue weighted by molar-refractivity contribution is 0.292. The van der Waals surface area contributed by atoms with Crippen LogP contribution in [0.1, 0.15) is 37.3 Å². The SMILES string of the molecule is OCCCNc1ccc(C2CCC2)nn1. The third-order valence-corrected chi connectivity index (χ3v) is 2.85. The summed E-state index contributed by atoms with van der Waals surface area (Å²) in [6.07, 6.45) is 4.58. The number of nitrogens with zero attached hydrogens (tertiary/aromatic N) is 2. The van der Waals surface area contributed by atoms with Crippen molar-refractivity contribution in [2.45, 2.75) is 31.6 Å². The second-order valence-corrected chi connectivity index (χ2v) is 3.98. The van der Waals surface area contributed by atoms with Gasteiger partial charge in [-0.3, -0.25) is 0 Å². The summed E-state index contributed by atoms with van der Waals surface area (Å²) in [4.78, 5) is 0. The minimum atomic E-state index is 0.209. The molecule has 1 aromatic rings. The Labute approximate surface area is 89.7 Å². The van der Waals surface area contributed by atoms with Gasteiger partial charge in [0.1, 0.15) is 5.82 Å². The zero-order valence-electron chi connectivity index (χ0n) is 8.82.